The van der Waals surface area contributed by atoms with E-state index in [1.165, 1.54) is 38.5 Å². The smallest absolute Gasteiger partial charge is 0.232 e. The molecule has 4 heterocycles. The van der Waals surface area contributed by atoms with Crippen LogP contribution in [-0.4, -0.2) is 41.3 Å². The molecule has 2 fully saturated rings. The molecule has 0 aromatic carbocycles. The molecule has 0 unspecified atom stereocenters. The maximum Gasteiger partial charge on any atom is 0.232 e. The third kappa shape index (κ3) is 6.09. The molecule has 2 aromatic heterocycles. The predicted molar refractivity (Wildman–Crippen MR) is 130 cm³/mol. The Morgan fingerprint density at radius 2 is 1.68 bits per heavy atom. The number of piperidine rings is 1. The molecule has 2 aromatic rings. The molecule has 8 heteroatoms. The Morgan fingerprint density at radius 1 is 1.03 bits per heavy atom. The Bertz CT molecular complexity index is 869. The Balaban J connectivity index is 1.49. The summed E-state index contributed by atoms with van der Waals surface area (Å²) < 4.78 is 5.61. The number of hydrogen-bond donors (Lipinski definition) is 2. The lowest BCUT2D eigenvalue weighted by atomic mass is 9.99. The van der Waals surface area contributed by atoms with Crippen molar-refractivity contribution < 1.29 is 4.42 Å². The summed E-state index contributed by atoms with van der Waals surface area (Å²) in [6.07, 6.45) is 7.42. The molecule has 0 saturated carbocycles. The van der Waals surface area contributed by atoms with Crippen molar-refractivity contribution >= 4 is 34.9 Å². The predicted octanol–water partition coefficient (Wildman–Crippen LogP) is 4.48. The Labute approximate surface area is 190 Å². The van der Waals surface area contributed by atoms with Crippen molar-refractivity contribution in [3.05, 3.63) is 29.7 Å². The SMILES string of the molecule is Cc1ccc(CNC(=S)Nc2nc(N3CCCCCC3)cc(N3CCC(C)CC3)n2)o1. The summed E-state index contributed by atoms with van der Waals surface area (Å²) in [6.45, 7) is 8.97. The van der Waals surface area contributed by atoms with Gasteiger partial charge in [0.05, 0.1) is 6.54 Å². The van der Waals surface area contributed by atoms with Gasteiger partial charge < -0.3 is 24.9 Å². The molecule has 4 rings (SSSR count). The average Bonchev–Trinajstić information content (AvgIpc) is 3.00. The van der Waals surface area contributed by atoms with Crippen molar-refractivity contribution in [2.45, 2.75) is 58.9 Å². The molecule has 2 aliphatic rings. The van der Waals surface area contributed by atoms with Gasteiger partial charge in [-0.25, -0.2) is 0 Å². The summed E-state index contributed by atoms with van der Waals surface area (Å²) in [4.78, 5) is 14.4. The van der Waals surface area contributed by atoms with Crippen LogP contribution in [0.25, 0.3) is 0 Å². The minimum atomic E-state index is 0.500. The molecular formula is C23H34N6OS. The van der Waals surface area contributed by atoms with Gasteiger partial charge in [-0.05, 0) is 62.9 Å². The fourth-order valence-corrected chi connectivity index (χ4v) is 4.40. The summed E-state index contributed by atoms with van der Waals surface area (Å²) in [6, 6.07) is 6.07. The molecule has 31 heavy (non-hydrogen) atoms. The van der Waals surface area contributed by atoms with E-state index in [0.29, 0.717) is 17.6 Å². The third-order valence-corrected chi connectivity index (χ3v) is 6.43. The second-order valence-electron chi connectivity index (χ2n) is 8.80. The van der Waals surface area contributed by atoms with Crippen molar-refractivity contribution in [2.75, 3.05) is 41.3 Å². The third-order valence-electron chi connectivity index (χ3n) is 6.18. The lowest BCUT2D eigenvalue weighted by molar-refractivity contribution is 0.436. The standard InChI is InChI=1S/C23H34N6OS/c1-17-9-13-29(14-10-17)21-15-20(28-11-5-3-4-6-12-28)25-22(26-21)27-23(31)24-16-19-8-7-18(2)30-19/h7-8,15,17H,3-6,9-14,16H2,1-2H3,(H2,24,25,26,27,31). The summed E-state index contributed by atoms with van der Waals surface area (Å²) in [5, 5.41) is 6.90. The van der Waals surface area contributed by atoms with E-state index in [9.17, 15) is 0 Å². The van der Waals surface area contributed by atoms with Crippen LogP contribution in [0.15, 0.2) is 22.6 Å². The Hall–Kier alpha value is -2.35. The van der Waals surface area contributed by atoms with Gasteiger partial charge in [0, 0.05) is 32.2 Å². The number of furan rings is 1. The number of aromatic nitrogens is 2. The van der Waals surface area contributed by atoms with Gasteiger partial charge in [0.1, 0.15) is 23.2 Å². The van der Waals surface area contributed by atoms with Crippen molar-refractivity contribution in [2.24, 2.45) is 5.92 Å². The number of thiocarbonyl (C=S) groups is 1. The number of hydrogen-bond acceptors (Lipinski definition) is 6. The number of rotatable bonds is 5. The van der Waals surface area contributed by atoms with Crippen molar-refractivity contribution in [3.8, 4) is 0 Å². The maximum absolute atomic E-state index is 5.61. The van der Waals surface area contributed by atoms with Gasteiger partial charge >= 0.3 is 0 Å². The summed E-state index contributed by atoms with van der Waals surface area (Å²) in [5.74, 6) is 5.07. The zero-order valence-electron chi connectivity index (χ0n) is 18.7. The molecular weight excluding hydrogens is 408 g/mol. The molecule has 0 bridgehead atoms. The van der Waals surface area contributed by atoms with Gasteiger partial charge in [0.2, 0.25) is 5.95 Å². The maximum atomic E-state index is 5.61. The Morgan fingerprint density at radius 3 is 2.29 bits per heavy atom. The van der Waals surface area contributed by atoms with E-state index in [2.05, 4.69) is 33.4 Å². The van der Waals surface area contributed by atoms with E-state index >= 15 is 0 Å². The quantitative estimate of drug-likeness (QED) is 0.657. The topological polar surface area (TPSA) is 69.5 Å². The Kier molecular flexibility index (Phi) is 7.27. The molecule has 2 N–H and O–H groups in total. The average molecular weight is 443 g/mol. The van der Waals surface area contributed by atoms with E-state index in [-0.39, 0.29) is 0 Å². The number of nitrogens with one attached hydrogen (secondary N) is 2. The second-order valence-corrected chi connectivity index (χ2v) is 9.21. The van der Waals surface area contributed by atoms with Gasteiger partial charge in [-0.3, -0.25) is 0 Å². The zero-order valence-corrected chi connectivity index (χ0v) is 19.5. The van der Waals surface area contributed by atoms with Gasteiger partial charge in [-0.15, -0.1) is 0 Å². The van der Waals surface area contributed by atoms with Crippen LogP contribution in [0, 0.1) is 12.8 Å². The largest absolute Gasteiger partial charge is 0.465 e. The molecule has 2 saturated heterocycles. The van der Waals surface area contributed by atoms with Gasteiger partial charge in [0.15, 0.2) is 5.11 Å². The van der Waals surface area contributed by atoms with Crippen molar-refractivity contribution in [3.63, 3.8) is 0 Å². The monoisotopic (exact) mass is 442 g/mol. The van der Waals surface area contributed by atoms with Crippen LogP contribution in [0.4, 0.5) is 17.6 Å². The molecule has 7 nitrogen and oxygen atoms in total. The highest BCUT2D eigenvalue weighted by Crippen LogP contribution is 2.27. The van der Waals surface area contributed by atoms with Gasteiger partial charge in [0.25, 0.3) is 0 Å². The van der Waals surface area contributed by atoms with E-state index in [1.807, 2.05) is 19.1 Å². The number of aryl methyl sites for hydroxylation is 1. The highest BCUT2D eigenvalue weighted by molar-refractivity contribution is 7.80. The summed E-state index contributed by atoms with van der Waals surface area (Å²) >= 11 is 5.51. The van der Waals surface area contributed by atoms with Gasteiger partial charge in [-0.1, -0.05) is 19.8 Å². The molecule has 0 radical (unpaired) electrons. The fourth-order valence-electron chi connectivity index (χ4n) is 4.23. The van der Waals surface area contributed by atoms with Crippen LogP contribution in [0.3, 0.4) is 0 Å². The van der Waals surface area contributed by atoms with Crippen molar-refractivity contribution in [1.82, 2.24) is 15.3 Å². The minimum Gasteiger partial charge on any atom is -0.465 e. The molecule has 2 aliphatic heterocycles. The first kappa shape index (κ1) is 21.9. The van der Waals surface area contributed by atoms with Crippen LogP contribution < -0.4 is 20.4 Å². The normalized spacial score (nSPS) is 18.0. The van der Waals surface area contributed by atoms with Crippen LogP contribution >= 0.6 is 12.2 Å². The lowest BCUT2D eigenvalue weighted by Gasteiger charge is -2.32. The molecule has 168 valence electrons. The molecule has 0 spiro atoms. The van der Waals surface area contributed by atoms with Gasteiger partial charge in [-0.2, -0.15) is 9.97 Å². The van der Waals surface area contributed by atoms with Crippen LogP contribution in [0.2, 0.25) is 0 Å². The zero-order chi connectivity index (χ0) is 21.6. The first-order chi connectivity index (χ1) is 15.1. The van der Waals surface area contributed by atoms with Crippen molar-refractivity contribution in [1.29, 1.82) is 0 Å². The minimum absolute atomic E-state index is 0.500. The van der Waals surface area contributed by atoms with E-state index in [0.717, 1.165) is 55.3 Å². The molecule has 0 amide bonds. The fraction of sp³-hybridized carbons (Fsp3) is 0.609. The van der Waals surface area contributed by atoms with Crippen LogP contribution in [0.5, 0.6) is 0 Å². The van der Waals surface area contributed by atoms with Crippen LogP contribution in [-0.2, 0) is 6.54 Å². The first-order valence-corrected chi connectivity index (χ1v) is 12.0. The van der Waals surface area contributed by atoms with E-state index in [4.69, 9.17) is 26.6 Å². The van der Waals surface area contributed by atoms with E-state index < -0.39 is 0 Å². The number of anilines is 3. The highest BCUT2D eigenvalue weighted by atomic mass is 32.1. The van der Waals surface area contributed by atoms with E-state index in [1.54, 1.807) is 0 Å². The lowest BCUT2D eigenvalue weighted by Crippen LogP contribution is -2.35. The highest BCUT2D eigenvalue weighted by Gasteiger charge is 2.21. The second kappa shape index (κ2) is 10.3. The van der Waals surface area contributed by atoms with Crippen LogP contribution in [0.1, 0.15) is 57.0 Å². The molecule has 0 aliphatic carbocycles. The first-order valence-electron chi connectivity index (χ1n) is 11.6. The molecule has 0 atom stereocenters. The number of nitrogens with zero attached hydrogens (tertiary/aromatic N) is 4. The summed E-state index contributed by atoms with van der Waals surface area (Å²) in [7, 11) is 0. The summed E-state index contributed by atoms with van der Waals surface area (Å²) in [5.41, 5.74) is 0.